The zero-order valence-electron chi connectivity index (χ0n) is 7.48. The number of nitrogens with zero attached hydrogens (tertiary/aromatic N) is 1. The molecule has 0 aliphatic carbocycles. The van der Waals surface area contributed by atoms with Gasteiger partial charge in [-0.1, -0.05) is 22.0 Å². The minimum Gasteiger partial charge on any atom is -0.476 e. The Kier molecular flexibility index (Phi) is 2.55. The highest BCUT2D eigenvalue weighted by Gasteiger charge is 2.11. The van der Waals surface area contributed by atoms with Crippen molar-refractivity contribution >= 4 is 21.9 Å². The average molecular weight is 268 g/mol. The quantitative estimate of drug-likeness (QED) is 0.909. The lowest BCUT2D eigenvalue weighted by Crippen LogP contribution is -1.95. The Labute approximate surface area is 93.7 Å². The monoisotopic (exact) mass is 267 g/mol. The molecule has 0 bridgehead atoms. The maximum absolute atomic E-state index is 10.6. The predicted molar refractivity (Wildman–Crippen MR) is 56.6 cm³/mol. The number of benzene rings is 1. The van der Waals surface area contributed by atoms with E-state index in [1.807, 2.05) is 12.1 Å². The molecule has 2 aromatic rings. The van der Waals surface area contributed by atoms with E-state index in [0.717, 1.165) is 16.3 Å². The van der Waals surface area contributed by atoms with Crippen LogP contribution in [0.5, 0.6) is 0 Å². The zero-order chi connectivity index (χ0) is 10.8. The van der Waals surface area contributed by atoms with Gasteiger partial charge in [0.1, 0.15) is 6.26 Å². The highest BCUT2D eigenvalue weighted by molar-refractivity contribution is 9.10. The first-order valence-electron chi connectivity index (χ1n) is 4.11. The molecule has 0 saturated heterocycles. The summed E-state index contributed by atoms with van der Waals surface area (Å²) in [5, 5.41) is 8.67. The topological polar surface area (TPSA) is 63.3 Å². The van der Waals surface area contributed by atoms with Crippen LogP contribution in [0.15, 0.2) is 39.4 Å². The molecule has 4 nitrogen and oxygen atoms in total. The Morgan fingerprint density at radius 3 is 2.87 bits per heavy atom. The molecule has 1 aromatic carbocycles. The van der Waals surface area contributed by atoms with Gasteiger partial charge in [0.25, 0.3) is 0 Å². The summed E-state index contributed by atoms with van der Waals surface area (Å²) in [4.78, 5) is 14.4. The number of halogens is 1. The minimum atomic E-state index is -1.10. The van der Waals surface area contributed by atoms with Crippen LogP contribution in [-0.2, 0) is 0 Å². The van der Waals surface area contributed by atoms with Gasteiger partial charge in [0, 0.05) is 10.0 Å². The number of carboxylic acid groups (broad SMARTS) is 1. The predicted octanol–water partition coefficient (Wildman–Crippen LogP) is 2.80. The first-order valence-corrected chi connectivity index (χ1v) is 4.91. The van der Waals surface area contributed by atoms with Crippen LogP contribution >= 0.6 is 15.9 Å². The molecule has 1 aromatic heterocycles. The van der Waals surface area contributed by atoms with Crippen molar-refractivity contribution in [3.8, 4) is 11.5 Å². The standard InChI is InChI=1S/C10H6BrNO3/c11-7-3-1-2-6(4-7)9-12-8(5-15-9)10(13)14/h1-5H,(H,13,14). The van der Waals surface area contributed by atoms with E-state index in [2.05, 4.69) is 20.9 Å². The van der Waals surface area contributed by atoms with Gasteiger partial charge in [0.05, 0.1) is 0 Å². The Balaban J connectivity index is 2.41. The summed E-state index contributed by atoms with van der Waals surface area (Å²) >= 11 is 3.31. The number of aromatic nitrogens is 1. The van der Waals surface area contributed by atoms with Crippen LogP contribution in [0.3, 0.4) is 0 Å². The number of carboxylic acids is 1. The maximum Gasteiger partial charge on any atom is 0.357 e. The summed E-state index contributed by atoms with van der Waals surface area (Å²) in [5.74, 6) is -0.798. The van der Waals surface area contributed by atoms with Gasteiger partial charge in [-0.25, -0.2) is 9.78 Å². The van der Waals surface area contributed by atoms with E-state index >= 15 is 0 Å². The van der Waals surface area contributed by atoms with Crippen LogP contribution in [0.4, 0.5) is 0 Å². The largest absolute Gasteiger partial charge is 0.476 e. The van der Waals surface area contributed by atoms with E-state index in [1.165, 1.54) is 0 Å². The van der Waals surface area contributed by atoms with Crippen LogP contribution in [0.1, 0.15) is 10.5 Å². The third-order valence-corrected chi connectivity index (χ3v) is 2.29. The van der Waals surface area contributed by atoms with Crippen LogP contribution < -0.4 is 0 Å². The van der Waals surface area contributed by atoms with Crippen molar-refractivity contribution in [2.45, 2.75) is 0 Å². The molecule has 76 valence electrons. The van der Waals surface area contributed by atoms with Gasteiger partial charge in [-0.3, -0.25) is 0 Å². The smallest absolute Gasteiger partial charge is 0.357 e. The fraction of sp³-hybridized carbons (Fsp3) is 0. The molecule has 5 heteroatoms. The second kappa shape index (κ2) is 3.86. The van der Waals surface area contributed by atoms with Gasteiger partial charge >= 0.3 is 5.97 Å². The van der Waals surface area contributed by atoms with Gasteiger partial charge in [0.2, 0.25) is 5.89 Å². The van der Waals surface area contributed by atoms with Gasteiger partial charge in [-0.05, 0) is 18.2 Å². The van der Waals surface area contributed by atoms with E-state index in [4.69, 9.17) is 9.52 Å². The lowest BCUT2D eigenvalue weighted by atomic mass is 10.2. The Morgan fingerprint density at radius 2 is 2.27 bits per heavy atom. The lowest BCUT2D eigenvalue weighted by Gasteiger charge is -1.94. The van der Waals surface area contributed by atoms with E-state index < -0.39 is 5.97 Å². The van der Waals surface area contributed by atoms with E-state index in [9.17, 15) is 4.79 Å². The van der Waals surface area contributed by atoms with Gasteiger partial charge < -0.3 is 9.52 Å². The maximum atomic E-state index is 10.6. The van der Waals surface area contributed by atoms with Crippen LogP contribution in [0.25, 0.3) is 11.5 Å². The van der Waals surface area contributed by atoms with Crippen molar-refractivity contribution < 1.29 is 14.3 Å². The Bertz CT molecular complexity index is 507. The number of hydrogen-bond donors (Lipinski definition) is 1. The average Bonchev–Trinajstić information content (AvgIpc) is 2.66. The first kappa shape index (κ1) is 9.92. The number of hydrogen-bond acceptors (Lipinski definition) is 3. The number of rotatable bonds is 2. The molecular weight excluding hydrogens is 262 g/mol. The summed E-state index contributed by atoms with van der Waals surface area (Å²) in [5.41, 5.74) is 0.641. The zero-order valence-corrected chi connectivity index (χ0v) is 9.06. The van der Waals surface area contributed by atoms with Gasteiger partial charge in [-0.2, -0.15) is 0 Å². The summed E-state index contributed by atoms with van der Waals surface area (Å²) in [6.07, 6.45) is 1.12. The second-order valence-electron chi connectivity index (χ2n) is 2.85. The molecule has 0 radical (unpaired) electrons. The summed E-state index contributed by atoms with van der Waals surface area (Å²) in [6.45, 7) is 0. The van der Waals surface area contributed by atoms with Gasteiger partial charge in [0.15, 0.2) is 5.69 Å². The molecule has 0 aliphatic heterocycles. The highest BCUT2D eigenvalue weighted by Crippen LogP contribution is 2.22. The molecule has 0 aliphatic rings. The molecule has 15 heavy (non-hydrogen) atoms. The molecule has 0 atom stereocenters. The van der Waals surface area contributed by atoms with E-state index in [-0.39, 0.29) is 5.69 Å². The highest BCUT2D eigenvalue weighted by atomic mass is 79.9. The Morgan fingerprint density at radius 1 is 1.47 bits per heavy atom. The minimum absolute atomic E-state index is 0.0926. The molecule has 0 fully saturated rings. The molecular formula is C10H6BrNO3. The second-order valence-corrected chi connectivity index (χ2v) is 3.77. The normalized spacial score (nSPS) is 10.2. The molecule has 0 spiro atoms. The van der Waals surface area contributed by atoms with Gasteiger partial charge in [-0.15, -0.1) is 0 Å². The number of oxazole rings is 1. The SMILES string of the molecule is O=C(O)c1coc(-c2cccc(Br)c2)n1. The summed E-state index contributed by atoms with van der Waals surface area (Å²) in [6, 6.07) is 7.29. The molecule has 0 saturated carbocycles. The van der Waals surface area contributed by atoms with Crippen molar-refractivity contribution in [1.29, 1.82) is 0 Å². The first-order chi connectivity index (χ1) is 7.16. The Hall–Kier alpha value is -1.62. The fourth-order valence-electron chi connectivity index (χ4n) is 1.13. The lowest BCUT2D eigenvalue weighted by molar-refractivity contribution is 0.0690. The molecule has 0 amide bonds. The van der Waals surface area contributed by atoms with Crippen molar-refractivity contribution in [3.05, 3.63) is 40.7 Å². The molecule has 1 N–H and O–H groups in total. The van der Waals surface area contributed by atoms with Crippen molar-refractivity contribution in [1.82, 2.24) is 4.98 Å². The van der Waals surface area contributed by atoms with Crippen molar-refractivity contribution in [2.75, 3.05) is 0 Å². The molecule has 2 rings (SSSR count). The number of aromatic carboxylic acids is 1. The van der Waals surface area contributed by atoms with Crippen LogP contribution in [0.2, 0.25) is 0 Å². The van der Waals surface area contributed by atoms with E-state index in [0.29, 0.717) is 5.89 Å². The number of carbonyl (C=O) groups is 1. The molecule has 0 unspecified atom stereocenters. The fourth-order valence-corrected chi connectivity index (χ4v) is 1.53. The summed E-state index contributed by atoms with van der Waals surface area (Å²) in [7, 11) is 0. The van der Waals surface area contributed by atoms with Crippen molar-refractivity contribution in [3.63, 3.8) is 0 Å². The third-order valence-electron chi connectivity index (χ3n) is 1.79. The van der Waals surface area contributed by atoms with Crippen LogP contribution in [0, 0.1) is 0 Å². The molecule has 1 heterocycles. The van der Waals surface area contributed by atoms with Crippen molar-refractivity contribution in [2.24, 2.45) is 0 Å². The third kappa shape index (κ3) is 2.07. The van der Waals surface area contributed by atoms with E-state index in [1.54, 1.807) is 12.1 Å². The van der Waals surface area contributed by atoms with Crippen LogP contribution in [-0.4, -0.2) is 16.1 Å². The summed E-state index contributed by atoms with van der Waals surface area (Å²) < 4.78 is 5.94.